The van der Waals surface area contributed by atoms with E-state index in [0.717, 1.165) is 68.1 Å². The summed E-state index contributed by atoms with van der Waals surface area (Å²) in [5.41, 5.74) is 3.31. The zero-order valence-electron chi connectivity index (χ0n) is 20.0. The Hall–Kier alpha value is -2.86. The van der Waals surface area contributed by atoms with Crippen molar-refractivity contribution in [2.24, 2.45) is 5.92 Å². The van der Waals surface area contributed by atoms with Gasteiger partial charge in [-0.3, -0.25) is 9.69 Å². The lowest BCUT2D eigenvalue weighted by atomic mass is 9.95. The molecule has 6 heteroatoms. The molecule has 0 saturated carbocycles. The summed E-state index contributed by atoms with van der Waals surface area (Å²) in [6.45, 7) is 9.62. The van der Waals surface area contributed by atoms with Gasteiger partial charge in [0.2, 0.25) is 11.8 Å². The van der Waals surface area contributed by atoms with E-state index in [0.29, 0.717) is 18.4 Å². The fourth-order valence-electron chi connectivity index (χ4n) is 4.35. The molecule has 1 fully saturated rings. The van der Waals surface area contributed by atoms with Gasteiger partial charge in [0.15, 0.2) is 0 Å². The van der Waals surface area contributed by atoms with E-state index in [9.17, 15) is 4.79 Å². The lowest BCUT2D eigenvalue weighted by Gasteiger charge is -2.30. The smallest absolute Gasteiger partial charge is 0.226 e. The molecule has 0 atom stereocenters. The summed E-state index contributed by atoms with van der Waals surface area (Å²) in [5, 5.41) is 3.09. The molecule has 1 amide bonds. The van der Waals surface area contributed by atoms with Gasteiger partial charge in [0.1, 0.15) is 11.5 Å². The van der Waals surface area contributed by atoms with Crippen molar-refractivity contribution in [1.29, 1.82) is 0 Å². The number of nitrogens with one attached hydrogen (secondary N) is 1. The van der Waals surface area contributed by atoms with Crippen molar-refractivity contribution < 1.29 is 13.6 Å². The molecule has 3 heterocycles. The molecule has 0 radical (unpaired) electrons. The first-order valence-electron chi connectivity index (χ1n) is 12.1. The molecule has 176 valence electrons. The number of benzene rings is 1. The largest absolute Gasteiger partial charge is 0.469 e. The highest BCUT2D eigenvalue weighted by Gasteiger charge is 2.26. The van der Waals surface area contributed by atoms with Crippen LogP contribution in [0.5, 0.6) is 0 Å². The van der Waals surface area contributed by atoms with E-state index in [1.165, 1.54) is 5.56 Å². The number of carbonyl (C=O) groups excluding carboxylic acids is 1. The van der Waals surface area contributed by atoms with Crippen LogP contribution >= 0.6 is 0 Å². The van der Waals surface area contributed by atoms with Crippen molar-refractivity contribution in [1.82, 2.24) is 15.2 Å². The molecule has 0 spiro atoms. The molecular weight excluding hydrogens is 414 g/mol. The number of carbonyl (C=O) groups is 1. The van der Waals surface area contributed by atoms with Gasteiger partial charge in [-0.2, -0.15) is 0 Å². The summed E-state index contributed by atoms with van der Waals surface area (Å²) in [5.74, 6) is 3.30. The highest BCUT2D eigenvalue weighted by molar-refractivity contribution is 5.78. The topological polar surface area (TPSA) is 71.5 Å². The summed E-state index contributed by atoms with van der Waals surface area (Å²) in [6, 6.07) is 12.3. The molecule has 0 aliphatic carbocycles. The van der Waals surface area contributed by atoms with Crippen LogP contribution in [0.1, 0.15) is 61.8 Å². The molecule has 1 aliphatic rings. The molecular formula is C27H35N3O3. The predicted molar refractivity (Wildman–Crippen MR) is 129 cm³/mol. The first kappa shape index (κ1) is 23.3. The molecule has 2 aromatic heterocycles. The highest BCUT2D eigenvalue weighted by atomic mass is 16.4. The molecule has 1 saturated heterocycles. The molecule has 33 heavy (non-hydrogen) atoms. The van der Waals surface area contributed by atoms with E-state index < -0.39 is 0 Å². The highest BCUT2D eigenvalue weighted by Crippen LogP contribution is 2.26. The van der Waals surface area contributed by atoms with Gasteiger partial charge >= 0.3 is 0 Å². The van der Waals surface area contributed by atoms with Gasteiger partial charge in [0.25, 0.3) is 0 Å². The third-order valence-electron chi connectivity index (χ3n) is 6.53. The second-order valence-electron chi connectivity index (χ2n) is 9.32. The SMILES string of the molecule is Cc1oc(-c2ccc(C(C)C)cc2)nc1CN1CCC(C(=O)NCCCc2ccco2)CC1. The van der Waals surface area contributed by atoms with Crippen LogP contribution in [0.2, 0.25) is 0 Å². The standard InChI is InChI=1S/C27H35N3O3/c1-19(2)21-8-10-23(11-9-21)27-29-25(20(3)33-27)18-30-15-12-22(13-16-30)26(31)28-14-4-6-24-7-5-17-32-24/h5,7-11,17,19,22H,4,6,12-16,18H2,1-3H3,(H,28,31). The Labute approximate surface area is 196 Å². The number of hydrogen-bond donors (Lipinski definition) is 1. The van der Waals surface area contributed by atoms with Gasteiger partial charge in [0, 0.05) is 31.0 Å². The van der Waals surface area contributed by atoms with Crippen molar-refractivity contribution >= 4 is 5.91 Å². The predicted octanol–water partition coefficient (Wildman–Crippen LogP) is 5.33. The number of aryl methyl sites for hydroxylation is 2. The lowest BCUT2D eigenvalue weighted by molar-refractivity contribution is -0.126. The van der Waals surface area contributed by atoms with E-state index >= 15 is 0 Å². The van der Waals surface area contributed by atoms with Crippen LogP contribution in [0.15, 0.2) is 51.5 Å². The fourth-order valence-corrected chi connectivity index (χ4v) is 4.35. The monoisotopic (exact) mass is 449 g/mol. The summed E-state index contributed by atoms with van der Waals surface area (Å²) < 4.78 is 11.3. The van der Waals surface area contributed by atoms with E-state index in [-0.39, 0.29) is 11.8 Å². The number of amides is 1. The van der Waals surface area contributed by atoms with Crippen molar-refractivity contribution in [2.75, 3.05) is 19.6 Å². The minimum atomic E-state index is 0.0956. The molecule has 6 nitrogen and oxygen atoms in total. The Balaban J connectivity index is 1.23. The van der Waals surface area contributed by atoms with Gasteiger partial charge in [-0.15, -0.1) is 0 Å². The van der Waals surface area contributed by atoms with Crippen LogP contribution in [0.4, 0.5) is 0 Å². The molecule has 1 N–H and O–H groups in total. The summed E-state index contributed by atoms with van der Waals surface area (Å²) >= 11 is 0. The quantitative estimate of drug-likeness (QED) is 0.447. The maximum atomic E-state index is 12.5. The van der Waals surface area contributed by atoms with Gasteiger partial charge in [-0.1, -0.05) is 26.0 Å². The minimum absolute atomic E-state index is 0.0956. The molecule has 3 aromatic rings. The zero-order valence-corrected chi connectivity index (χ0v) is 20.0. The average Bonchev–Trinajstić information content (AvgIpc) is 3.47. The number of likely N-dealkylation sites (tertiary alicyclic amines) is 1. The van der Waals surface area contributed by atoms with Crippen molar-refractivity contribution in [3.05, 3.63) is 65.4 Å². The van der Waals surface area contributed by atoms with Crippen LogP contribution in [0.3, 0.4) is 0 Å². The van der Waals surface area contributed by atoms with E-state index in [1.54, 1.807) is 6.26 Å². The number of furan rings is 1. The molecule has 1 aromatic carbocycles. The second-order valence-corrected chi connectivity index (χ2v) is 9.32. The lowest BCUT2D eigenvalue weighted by Crippen LogP contribution is -2.40. The maximum Gasteiger partial charge on any atom is 0.226 e. The van der Waals surface area contributed by atoms with Crippen molar-refractivity contribution in [3.8, 4) is 11.5 Å². The molecule has 1 aliphatic heterocycles. The van der Waals surface area contributed by atoms with Crippen molar-refractivity contribution in [3.63, 3.8) is 0 Å². The van der Waals surface area contributed by atoms with Gasteiger partial charge in [-0.05, 0) is 75.0 Å². The number of hydrogen-bond acceptors (Lipinski definition) is 5. The number of rotatable bonds is 9. The summed E-state index contributed by atoms with van der Waals surface area (Å²) in [7, 11) is 0. The van der Waals surface area contributed by atoms with Crippen molar-refractivity contribution in [2.45, 2.75) is 58.9 Å². The van der Waals surface area contributed by atoms with Crippen LogP contribution in [-0.2, 0) is 17.8 Å². The Morgan fingerprint density at radius 2 is 1.94 bits per heavy atom. The summed E-state index contributed by atoms with van der Waals surface area (Å²) in [4.78, 5) is 19.7. The Kier molecular flexibility index (Phi) is 7.65. The molecule has 0 bridgehead atoms. The molecule has 0 unspecified atom stereocenters. The van der Waals surface area contributed by atoms with Crippen LogP contribution in [-0.4, -0.2) is 35.4 Å². The first-order chi connectivity index (χ1) is 16.0. The van der Waals surface area contributed by atoms with Crippen LogP contribution < -0.4 is 5.32 Å². The normalized spacial score (nSPS) is 15.3. The third kappa shape index (κ3) is 6.14. The number of piperidine rings is 1. The average molecular weight is 450 g/mol. The zero-order chi connectivity index (χ0) is 23.2. The minimum Gasteiger partial charge on any atom is -0.469 e. The number of nitrogens with zero attached hydrogens (tertiary/aromatic N) is 2. The van der Waals surface area contributed by atoms with Crippen LogP contribution in [0, 0.1) is 12.8 Å². The van der Waals surface area contributed by atoms with Crippen LogP contribution in [0.25, 0.3) is 11.5 Å². The van der Waals surface area contributed by atoms with Gasteiger partial charge < -0.3 is 14.2 Å². The van der Waals surface area contributed by atoms with E-state index in [4.69, 9.17) is 13.8 Å². The second kappa shape index (κ2) is 10.8. The Morgan fingerprint density at radius 3 is 2.61 bits per heavy atom. The Bertz CT molecular complexity index is 1010. The third-order valence-corrected chi connectivity index (χ3v) is 6.53. The van der Waals surface area contributed by atoms with Gasteiger partial charge in [0.05, 0.1) is 12.0 Å². The van der Waals surface area contributed by atoms with Gasteiger partial charge in [-0.25, -0.2) is 4.98 Å². The fraction of sp³-hybridized carbons (Fsp3) is 0.481. The van der Waals surface area contributed by atoms with E-state index in [2.05, 4.69) is 48.3 Å². The van der Waals surface area contributed by atoms with E-state index in [1.807, 2.05) is 19.1 Å². The summed E-state index contributed by atoms with van der Waals surface area (Å²) in [6.07, 6.45) is 5.20. The number of aromatic nitrogens is 1. The maximum absolute atomic E-state index is 12.5. The first-order valence-corrected chi connectivity index (χ1v) is 12.1. The Morgan fingerprint density at radius 1 is 1.18 bits per heavy atom. The molecule has 4 rings (SSSR count). The number of oxazole rings is 1.